The standard InChI is InChI=1S/C17H31N3O/c1-5-20-12-11-19-16(20)13-15(18-4)17(21-6-2)9-7-14(3)8-10-17/h11-12,14-15,18H,5-10,13H2,1-4H3. The number of nitrogens with zero attached hydrogens (tertiary/aromatic N) is 2. The largest absolute Gasteiger partial charge is 0.374 e. The maximum absolute atomic E-state index is 6.29. The lowest BCUT2D eigenvalue weighted by Crippen LogP contribution is -2.54. The Morgan fingerprint density at radius 2 is 2.14 bits per heavy atom. The van der Waals surface area contributed by atoms with Crippen LogP contribution in [0.5, 0.6) is 0 Å². The molecular weight excluding hydrogens is 262 g/mol. The molecule has 1 heterocycles. The summed E-state index contributed by atoms with van der Waals surface area (Å²) in [6, 6.07) is 0.331. The third kappa shape index (κ3) is 3.67. The number of likely N-dealkylation sites (N-methyl/N-ethyl adjacent to an activating group) is 1. The SMILES string of the molecule is CCOC1(C(Cc2nccn2CC)NC)CCC(C)CC1. The molecule has 0 amide bonds. The highest BCUT2D eigenvalue weighted by atomic mass is 16.5. The molecule has 0 aromatic carbocycles. The van der Waals surface area contributed by atoms with Gasteiger partial charge in [-0.05, 0) is 52.5 Å². The van der Waals surface area contributed by atoms with E-state index in [2.05, 4.69) is 48.9 Å². The van der Waals surface area contributed by atoms with Gasteiger partial charge in [0, 0.05) is 38.0 Å². The second kappa shape index (κ2) is 7.41. The Balaban J connectivity index is 2.16. The van der Waals surface area contributed by atoms with E-state index in [1.54, 1.807) is 0 Å². The van der Waals surface area contributed by atoms with E-state index < -0.39 is 0 Å². The van der Waals surface area contributed by atoms with E-state index in [1.807, 2.05) is 6.20 Å². The van der Waals surface area contributed by atoms with Crippen LogP contribution in [-0.4, -0.2) is 34.8 Å². The van der Waals surface area contributed by atoms with E-state index in [0.29, 0.717) is 6.04 Å². The Morgan fingerprint density at radius 1 is 1.43 bits per heavy atom. The van der Waals surface area contributed by atoms with Crippen LogP contribution in [0.2, 0.25) is 0 Å². The summed E-state index contributed by atoms with van der Waals surface area (Å²) < 4.78 is 8.53. The predicted molar refractivity (Wildman–Crippen MR) is 86.4 cm³/mol. The van der Waals surface area contributed by atoms with Crippen LogP contribution < -0.4 is 5.32 Å². The topological polar surface area (TPSA) is 39.1 Å². The lowest BCUT2D eigenvalue weighted by atomic mass is 9.74. The Hall–Kier alpha value is -0.870. The van der Waals surface area contributed by atoms with Crippen LogP contribution in [0, 0.1) is 5.92 Å². The van der Waals surface area contributed by atoms with Crippen LogP contribution in [0.3, 0.4) is 0 Å². The highest BCUT2D eigenvalue weighted by Crippen LogP contribution is 2.38. The van der Waals surface area contributed by atoms with Crippen LogP contribution in [0.25, 0.3) is 0 Å². The van der Waals surface area contributed by atoms with Crippen LogP contribution in [-0.2, 0) is 17.7 Å². The molecule has 0 spiro atoms. The minimum Gasteiger partial charge on any atom is -0.374 e. The molecule has 0 saturated heterocycles. The second-order valence-electron chi connectivity index (χ2n) is 6.36. The fourth-order valence-electron chi connectivity index (χ4n) is 3.68. The number of ether oxygens (including phenoxy) is 1. The molecule has 1 N–H and O–H groups in total. The first-order valence-corrected chi connectivity index (χ1v) is 8.46. The van der Waals surface area contributed by atoms with Gasteiger partial charge in [-0.15, -0.1) is 0 Å². The van der Waals surface area contributed by atoms with Crippen molar-refractivity contribution in [3.8, 4) is 0 Å². The summed E-state index contributed by atoms with van der Waals surface area (Å²) >= 11 is 0. The van der Waals surface area contributed by atoms with Gasteiger partial charge in [-0.25, -0.2) is 4.98 Å². The van der Waals surface area contributed by atoms with Crippen molar-refractivity contribution < 1.29 is 4.74 Å². The van der Waals surface area contributed by atoms with Gasteiger partial charge in [-0.1, -0.05) is 6.92 Å². The molecule has 1 aliphatic rings. The summed E-state index contributed by atoms with van der Waals surface area (Å²) in [5, 5.41) is 3.52. The molecular formula is C17H31N3O. The van der Waals surface area contributed by atoms with E-state index in [9.17, 15) is 0 Å². The Kier molecular flexibility index (Phi) is 5.82. The maximum Gasteiger partial charge on any atom is 0.110 e. The number of aryl methyl sites for hydroxylation is 1. The van der Waals surface area contributed by atoms with E-state index in [4.69, 9.17) is 4.74 Å². The van der Waals surface area contributed by atoms with E-state index in [-0.39, 0.29) is 5.60 Å². The van der Waals surface area contributed by atoms with E-state index in [1.165, 1.54) is 12.8 Å². The lowest BCUT2D eigenvalue weighted by molar-refractivity contribution is -0.0951. The summed E-state index contributed by atoms with van der Waals surface area (Å²) in [5.41, 5.74) is -0.0273. The molecule has 1 fully saturated rings. The quantitative estimate of drug-likeness (QED) is 0.840. The van der Waals surface area contributed by atoms with Crippen LogP contribution in [0.15, 0.2) is 12.4 Å². The first-order chi connectivity index (χ1) is 10.1. The number of hydrogen-bond acceptors (Lipinski definition) is 3. The molecule has 4 nitrogen and oxygen atoms in total. The van der Waals surface area contributed by atoms with Crippen molar-refractivity contribution in [2.24, 2.45) is 5.92 Å². The average molecular weight is 293 g/mol. The first kappa shape index (κ1) is 16.5. The number of nitrogens with one attached hydrogen (secondary N) is 1. The van der Waals surface area contributed by atoms with Crippen molar-refractivity contribution in [2.45, 2.75) is 71.1 Å². The predicted octanol–water partition coefficient (Wildman–Crippen LogP) is 3.02. The van der Waals surface area contributed by atoms with E-state index in [0.717, 1.165) is 44.2 Å². The highest BCUT2D eigenvalue weighted by Gasteiger charge is 2.41. The third-order valence-corrected chi connectivity index (χ3v) is 5.07. The monoisotopic (exact) mass is 293 g/mol. The zero-order chi connectivity index (χ0) is 15.3. The van der Waals surface area contributed by atoms with Crippen LogP contribution >= 0.6 is 0 Å². The van der Waals surface area contributed by atoms with Gasteiger partial charge in [-0.2, -0.15) is 0 Å². The molecule has 1 aliphatic carbocycles. The van der Waals surface area contributed by atoms with Gasteiger partial charge in [-0.3, -0.25) is 0 Å². The van der Waals surface area contributed by atoms with E-state index >= 15 is 0 Å². The molecule has 2 rings (SSSR count). The number of imidazole rings is 1. The Bertz CT molecular complexity index is 421. The van der Waals surface area contributed by atoms with Gasteiger partial charge >= 0.3 is 0 Å². The highest BCUT2D eigenvalue weighted by molar-refractivity contribution is 5.03. The normalized spacial score (nSPS) is 27.7. The Labute approximate surface area is 129 Å². The number of hydrogen-bond donors (Lipinski definition) is 1. The lowest BCUT2D eigenvalue weighted by Gasteiger charge is -2.44. The van der Waals surface area contributed by atoms with Crippen molar-refractivity contribution in [2.75, 3.05) is 13.7 Å². The summed E-state index contributed by atoms with van der Waals surface area (Å²) in [5.74, 6) is 1.99. The average Bonchev–Trinajstić information content (AvgIpc) is 2.95. The smallest absolute Gasteiger partial charge is 0.110 e. The van der Waals surface area contributed by atoms with Crippen molar-refractivity contribution in [3.05, 3.63) is 18.2 Å². The van der Waals surface area contributed by atoms with Crippen LogP contribution in [0.4, 0.5) is 0 Å². The minimum absolute atomic E-state index is 0.0273. The molecule has 0 aliphatic heterocycles. The zero-order valence-electron chi connectivity index (χ0n) is 14.1. The molecule has 0 radical (unpaired) electrons. The molecule has 120 valence electrons. The summed E-state index contributed by atoms with van der Waals surface area (Å²) in [4.78, 5) is 4.54. The minimum atomic E-state index is -0.0273. The number of aromatic nitrogens is 2. The summed E-state index contributed by atoms with van der Waals surface area (Å²) in [7, 11) is 2.06. The van der Waals surface area contributed by atoms with Gasteiger partial charge in [0.05, 0.1) is 5.60 Å². The fraction of sp³-hybridized carbons (Fsp3) is 0.824. The van der Waals surface area contributed by atoms with Crippen molar-refractivity contribution in [1.82, 2.24) is 14.9 Å². The molecule has 21 heavy (non-hydrogen) atoms. The maximum atomic E-state index is 6.29. The van der Waals surface area contributed by atoms with Crippen molar-refractivity contribution in [1.29, 1.82) is 0 Å². The molecule has 1 unspecified atom stereocenters. The Morgan fingerprint density at radius 3 is 2.71 bits per heavy atom. The van der Waals surface area contributed by atoms with Crippen LogP contribution in [0.1, 0.15) is 52.3 Å². The zero-order valence-corrected chi connectivity index (χ0v) is 14.1. The first-order valence-electron chi connectivity index (χ1n) is 8.46. The van der Waals surface area contributed by atoms with Gasteiger partial charge < -0.3 is 14.6 Å². The third-order valence-electron chi connectivity index (χ3n) is 5.07. The molecule has 1 aromatic heterocycles. The molecule has 4 heteroatoms. The second-order valence-corrected chi connectivity index (χ2v) is 6.36. The molecule has 1 aromatic rings. The van der Waals surface area contributed by atoms with Crippen molar-refractivity contribution >= 4 is 0 Å². The molecule has 1 saturated carbocycles. The van der Waals surface area contributed by atoms with Gasteiger partial charge in [0.2, 0.25) is 0 Å². The number of rotatable bonds is 7. The van der Waals surface area contributed by atoms with Gasteiger partial charge in [0.1, 0.15) is 5.82 Å². The van der Waals surface area contributed by atoms with Crippen molar-refractivity contribution in [3.63, 3.8) is 0 Å². The van der Waals surface area contributed by atoms with Gasteiger partial charge in [0.25, 0.3) is 0 Å². The summed E-state index contributed by atoms with van der Waals surface area (Å²) in [6.45, 7) is 8.40. The fourth-order valence-corrected chi connectivity index (χ4v) is 3.68. The molecule has 0 bridgehead atoms. The van der Waals surface area contributed by atoms with Gasteiger partial charge in [0.15, 0.2) is 0 Å². The molecule has 1 atom stereocenters. The summed E-state index contributed by atoms with van der Waals surface area (Å²) in [6.07, 6.45) is 9.74.